The van der Waals surface area contributed by atoms with E-state index >= 15 is 0 Å². The highest BCUT2D eigenvalue weighted by molar-refractivity contribution is 9.11. The van der Waals surface area contributed by atoms with E-state index in [4.69, 9.17) is 70.4 Å². The molecule has 1 amide bonds. The Bertz CT molecular complexity index is 2780. The quantitative estimate of drug-likeness (QED) is 0.165. The molecule has 2 aromatic heterocycles. The molecule has 0 radical (unpaired) electrons. The molecule has 19 heteroatoms. The van der Waals surface area contributed by atoms with Gasteiger partial charge in [-0.25, -0.2) is 14.2 Å². The zero-order valence-electron chi connectivity index (χ0n) is 37.1. The SMILES string of the molecule is CNC(C)(C)C.COc1cc2c(cc1Br)-c1c(c(C(=O)N(C)C(C)(C)C)nn1-c1cc(Cl)cc(Cl)c1)CO2.COc1cc2c(cc1Br)-c1c(c(C(=O)O)nn1-c1cc(Cl)cc(Cl)c1)CO2. The molecule has 0 aliphatic carbocycles. The normalized spacial score (nSPS) is 12.4. The fourth-order valence-corrected chi connectivity index (χ4v) is 8.56. The number of carbonyl (C=O) groups is 2. The van der Waals surface area contributed by atoms with Crippen LogP contribution in [0.2, 0.25) is 20.1 Å². The molecule has 344 valence electrons. The van der Waals surface area contributed by atoms with E-state index in [1.807, 2.05) is 46.0 Å². The molecule has 0 atom stereocenters. The van der Waals surface area contributed by atoms with Crippen LogP contribution < -0.4 is 24.3 Å². The number of hydrogen-bond acceptors (Lipinski definition) is 9. The van der Waals surface area contributed by atoms with E-state index in [-0.39, 0.29) is 30.4 Å². The summed E-state index contributed by atoms with van der Waals surface area (Å²) in [5.41, 5.74) is 5.34. The topological polar surface area (TPSA) is 142 Å². The second kappa shape index (κ2) is 19.8. The maximum atomic E-state index is 13.4. The predicted octanol–water partition coefficient (Wildman–Crippen LogP) is 12.6. The van der Waals surface area contributed by atoms with E-state index in [2.05, 4.69) is 63.0 Å². The first-order valence-electron chi connectivity index (χ1n) is 19.8. The van der Waals surface area contributed by atoms with Gasteiger partial charge in [0.25, 0.3) is 5.91 Å². The molecule has 2 N–H and O–H groups in total. The smallest absolute Gasteiger partial charge is 0.356 e. The van der Waals surface area contributed by atoms with Gasteiger partial charge >= 0.3 is 5.97 Å². The third-order valence-corrected chi connectivity index (χ3v) is 12.5. The molecule has 0 saturated carbocycles. The molecule has 13 nitrogen and oxygen atoms in total. The number of benzene rings is 4. The number of ether oxygens (including phenoxy) is 4. The first kappa shape index (κ1) is 49.9. The second-order valence-electron chi connectivity index (χ2n) is 16.8. The Labute approximate surface area is 414 Å². The standard InChI is InChI=1S/C23H22BrCl2N3O3.C18H11BrCl2N2O4.C5H13N/c1-23(2,3)28(4)22(30)20-16-11-32-18-10-19(31-5)17(24)9-15(18)21(16)29(27-20)14-7-12(25)6-13(26)8-14;1-26-15-6-14-11(5-13(15)19)17-12(7-27-14)16(18(24)25)22-23(17)10-3-8(20)2-9(21)4-10;1-5(2,3)6-4/h6-10H,11H2,1-5H3;2-6H,7H2,1H3,(H,24,25);6H,1-4H3. The minimum atomic E-state index is -1.14. The fourth-order valence-electron chi connectivity index (χ4n) is 6.52. The van der Waals surface area contributed by atoms with E-state index < -0.39 is 5.97 Å². The van der Waals surface area contributed by atoms with Gasteiger partial charge in [0, 0.05) is 67.0 Å². The van der Waals surface area contributed by atoms with Gasteiger partial charge in [0.15, 0.2) is 11.4 Å². The zero-order valence-corrected chi connectivity index (χ0v) is 43.3. The van der Waals surface area contributed by atoms with E-state index in [9.17, 15) is 14.7 Å². The van der Waals surface area contributed by atoms with E-state index in [0.29, 0.717) is 92.6 Å². The van der Waals surface area contributed by atoms with Gasteiger partial charge < -0.3 is 34.3 Å². The van der Waals surface area contributed by atoms with Gasteiger partial charge in [-0.05, 0) is 129 Å². The Morgan fingerprint density at radius 2 is 1.06 bits per heavy atom. The van der Waals surface area contributed by atoms with Gasteiger partial charge in [-0.15, -0.1) is 0 Å². The minimum absolute atomic E-state index is 0.0725. The lowest BCUT2D eigenvalue weighted by atomic mass is 10.0. The van der Waals surface area contributed by atoms with Crippen LogP contribution in [0.5, 0.6) is 23.0 Å². The number of carboxylic acids is 1. The summed E-state index contributed by atoms with van der Waals surface area (Å²) in [7, 11) is 6.88. The summed E-state index contributed by atoms with van der Waals surface area (Å²) in [5.74, 6) is 1.11. The number of nitrogens with one attached hydrogen (secondary N) is 1. The third-order valence-electron chi connectivity index (χ3n) is 10.4. The van der Waals surface area contributed by atoms with Crippen molar-refractivity contribution in [3.05, 3.63) is 112 Å². The average molecular weight is 1100 g/mol. The van der Waals surface area contributed by atoms with Crippen molar-refractivity contribution in [3.8, 4) is 56.9 Å². The van der Waals surface area contributed by atoms with Crippen molar-refractivity contribution < 1.29 is 33.6 Å². The van der Waals surface area contributed by atoms with Gasteiger partial charge in [-0.3, -0.25) is 4.79 Å². The number of carbonyl (C=O) groups excluding carboxylic acids is 1. The van der Waals surface area contributed by atoms with Crippen LogP contribution in [0.25, 0.3) is 33.9 Å². The lowest BCUT2D eigenvalue weighted by Crippen LogP contribution is -2.43. The van der Waals surface area contributed by atoms with Crippen LogP contribution in [0.4, 0.5) is 0 Å². The molecule has 4 heterocycles. The molecule has 0 spiro atoms. The maximum absolute atomic E-state index is 13.4. The van der Waals surface area contributed by atoms with E-state index in [0.717, 1.165) is 15.7 Å². The maximum Gasteiger partial charge on any atom is 0.356 e. The highest BCUT2D eigenvalue weighted by Crippen LogP contribution is 2.47. The Balaban J connectivity index is 0.000000193. The molecule has 6 aromatic rings. The molecule has 2 aliphatic heterocycles. The summed E-state index contributed by atoms with van der Waals surface area (Å²) < 4.78 is 27.2. The summed E-state index contributed by atoms with van der Waals surface area (Å²) in [5, 5.41) is 23.5. The van der Waals surface area contributed by atoms with Crippen molar-refractivity contribution >= 4 is 90.1 Å². The summed E-state index contributed by atoms with van der Waals surface area (Å²) >= 11 is 31.8. The third kappa shape index (κ3) is 10.9. The van der Waals surface area contributed by atoms with Crippen molar-refractivity contribution in [1.29, 1.82) is 0 Å². The lowest BCUT2D eigenvalue weighted by Gasteiger charge is -2.31. The molecule has 8 rings (SSSR count). The number of aromatic carboxylic acids is 1. The fraction of sp³-hybridized carbons (Fsp3) is 0.304. The van der Waals surface area contributed by atoms with E-state index in [1.165, 1.54) is 4.68 Å². The Kier molecular flexibility index (Phi) is 15.2. The van der Waals surface area contributed by atoms with Crippen LogP contribution >= 0.6 is 78.3 Å². The Morgan fingerprint density at radius 3 is 1.40 bits per heavy atom. The predicted molar refractivity (Wildman–Crippen MR) is 263 cm³/mol. The molecule has 0 bridgehead atoms. The molecular formula is C46H46Br2Cl4N6O7. The van der Waals surface area contributed by atoms with Crippen molar-refractivity contribution in [3.63, 3.8) is 0 Å². The number of carboxylic acid groups (broad SMARTS) is 1. The van der Waals surface area contributed by atoms with Gasteiger partial charge in [-0.1, -0.05) is 46.4 Å². The lowest BCUT2D eigenvalue weighted by molar-refractivity contribution is 0.0644. The number of halogens is 6. The first-order chi connectivity index (χ1) is 30.5. The number of hydrogen-bond donors (Lipinski definition) is 2. The number of rotatable bonds is 6. The van der Waals surface area contributed by atoms with E-state index in [1.54, 1.807) is 73.3 Å². The van der Waals surface area contributed by atoms with Gasteiger partial charge in [0.05, 0.1) is 51.5 Å². The van der Waals surface area contributed by atoms with Crippen LogP contribution in [0.1, 0.15) is 73.6 Å². The van der Waals surface area contributed by atoms with Gasteiger partial charge in [0.2, 0.25) is 0 Å². The average Bonchev–Trinajstić information content (AvgIpc) is 3.82. The monoisotopic (exact) mass is 1090 g/mol. The summed E-state index contributed by atoms with van der Waals surface area (Å²) in [4.78, 5) is 26.8. The van der Waals surface area contributed by atoms with Crippen molar-refractivity contribution in [2.24, 2.45) is 0 Å². The van der Waals surface area contributed by atoms with Crippen molar-refractivity contribution in [2.45, 2.75) is 65.8 Å². The Morgan fingerprint density at radius 1 is 0.692 bits per heavy atom. The number of aromatic nitrogens is 4. The van der Waals surface area contributed by atoms with Gasteiger partial charge in [-0.2, -0.15) is 10.2 Å². The largest absolute Gasteiger partial charge is 0.495 e. The number of methoxy groups -OCH3 is 2. The molecule has 65 heavy (non-hydrogen) atoms. The number of nitrogens with zero attached hydrogens (tertiary/aromatic N) is 5. The van der Waals surface area contributed by atoms with Crippen molar-refractivity contribution in [1.82, 2.24) is 29.8 Å². The summed E-state index contributed by atoms with van der Waals surface area (Å²) in [6.07, 6.45) is 0. The zero-order chi connectivity index (χ0) is 47.9. The number of amides is 1. The Hall–Kier alpha value is -4.48. The highest BCUT2D eigenvalue weighted by atomic mass is 79.9. The van der Waals surface area contributed by atoms with Crippen LogP contribution in [0, 0.1) is 0 Å². The molecule has 0 unspecified atom stereocenters. The molecular weight excluding hydrogens is 1050 g/mol. The molecule has 4 aromatic carbocycles. The number of fused-ring (bicyclic) bond motifs is 6. The molecule has 2 aliphatic rings. The van der Waals surface area contributed by atoms with Crippen LogP contribution in [-0.2, 0) is 13.2 Å². The summed E-state index contributed by atoms with van der Waals surface area (Å²) in [6, 6.07) is 17.4. The minimum Gasteiger partial charge on any atom is -0.495 e. The molecule has 0 saturated heterocycles. The second-order valence-corrected chi connectivity index (χ2v) is 20.3. The van der Waals surface area contributed by atoms with Gasteiger partial charge in [0.1, 0.15) is 36.2 Å². The van der Waals surface area contributed by atoms with Crippen LogP contribution in [-0.4, -0.2) is 80.8 Å². The summed E-state index contributed by atoms with van der Waals surface area (Å²) in [6.45, 7) is 12.6. The first-order valence-corrected chi connectivity index (χ1v) is 22.9. The highest BCUT2D eigenvalue weighted by Gasteiger charge is 2.35. The van der Waals surface area contributed by atoms with Crippen LogP contribution in [0.3, 0.4) is 0 Å². The van der Waals surface area contributed by atoms with Crippen LogP contribution in [0.15, 0.2) is 69.6 Å². The van der Waals surface area contributed by atoms with Crippen molar-refractivity contribution in [2.75, 3.05) is 28.3 Å². The molecule has 0 fully saturated rings.